The summed E-state index contributed by atoms with van der Waals surface area (Å²) >= 11 is 5.92. The number of halogens is 1. The Bertz CT molecular complexity index is 720. The minimum Gasteiger partial charge on any atom is -0.350 e. The topological polar surface area (TPSA) is 62.3 Å². The molecule has 5 nitrogen and oxygen atoms in total. The normalized spacial score (nSPS) is 11.7. The first-order valence-corrected chi connectivity index (χ1v) is 9.09. The smallest absolute Gasteiger partial charge is 0.242 e. The third-order valence-corrected chi connectivity index (χ3v) is 4.34. The molecule has 1 heterocycles. The average molecular weight is 374 g/mol. The van der Waals surface area contributed by atoms with Gasteiger partial charge >= 0.3 is 0 Å². The average Bonchev–Trinajstić information content (AvgIpc) is 2.66. The van der Waals surface area contributed by atoms with Gasteiger partial charge < -0.3 is 10.2 Å². The number of pyridine rings is 1. The Morgan fingerprint density at radius 1 is 1.19 bits per heavy atom. The molecule has 0 aliphatic rings. The van der Waals surface area contributed by atoms with Crippen LogP contribution in [0.25, 0.3) is 0 Å². The fourth-order valence-corrected chi connectivity index (χ4v) is 2.69. The summed E-state index contributed by atoms with van der Waals surface area (Å²) in [7, 11) is 0. The summed E-state index contributed by atoms with van der Waals surface area (Å²) < 4.78 is 0. The van der Waals surface area contributed by atoms with Crippen molar-refractivity contribution in [1.82, 2.24) is 15.2 Å². The largest absolute Gasteiger partial charge is 0.350 e. The fourth-order valence-electron chi connectivity index (χ4n) is 2.57. The zero-order valence-electron chi connectivity index (χ0n) is 15.1. The highest BCUT2D eigenvalue weighted by Gasteiger charge is 2.25. The number of benzene rings is 1. The first-order valence-electron chi connectivity index (χ1n) is 8.71. The van der Waals surface area contributed by atoms with Gasteiger partial charge in [0.2, 0.25) is 11.8 Å². The van der Waals surface area contributed by atoms with Gasteiger partial charge in [0.1, 0.15) is 6.04 Å². The summed E-state index contributed by atoms with van der Waals surface area (Å²) in [5.74, 6) is -0.223. The van der Waals surface area contributed by atoms with Crippen molar-refractivity contribution >= 4 is 23.4 Å². The molecule has 2 rings (SSSR count). The Balaban J connectivity index is 2.05. The van der Waals surface area contributed by atoms with Crippen LogP contribution in [0.2, 0.25) is 5.02 Å². The SMILES string of the molecule is CCCC(=O)N(Cc1ccc(Cl)cc1)[C@@H](C)C(=O)NCc1cccnc1. The number of carbonyl (C=O) groups excluding carboxylic acids is 2. The van der Waals surface area contributed by atoms with Crippen LogP contribution >= 0.6 is 11.6 Å². The van der Waals surface area contributed by atoms with Gasteiger partial charge in [0.25, 0.3) is 0 Å². The number of nitrogens with zero attached hydrogens (tertiary/aromatic N) is 2. The maximum Gasteiger partial charge on any atom is 0.242 e. The van der Waals surface area contributed by atoms with E-state index in [0.717, 1.165) is 17.5 Å². The Morgan fingerprint density at radius 2 is 1.92 bits per heavy atom. The van der Waals surface area contributed by atoms with E-state index in [2.05, 4.69) is 10.3 Å². The number of amides is 2. The lowest BCUT2D eigenvalue weighted by atomic mass is 10.1. The van der Waals surface area contributed by atoms with Gasteiger partial charge in [0.15, 0.2) is 0 Å². The molecular weight excluding hydrogens is 350 g/mol. The van der Waals surface area contributed by atoms with Crippen molar-refractivity contribution in [2.24, 2.45) is 0 Å². The van der Waals surface area contributed by atoms with Crippen molar-refractivity contribution in [3.05, 3.63) is 64.9 Å². The number of hydrogen-bond donors (Lipinski definition) is 1. The summed E-state index contributed by atoms with van der Waals surface area (Å²) in [5, 5.41) is 3.52. The number of carbonyl (C=O) groups is 2. The zero-order chi connectivity index (χ0) is 18.9. The van der Waals surface area contributed by atoms with E-state index in [-0.39, 0.29) is 11.8 Å². The molecule has 0 spiro atoms. The molecule has 138 valence electrons. The van der Waals surface area contributed by atoms with Crippen molar-refractivity contribution < 1.29 is 9.59 Å². The molecule has 1 N–H and O–H groups in total. The fraction of sp³-hybridized carbons (Fsp3) is 0.350. The highest BCUT2D eigenvalue weighted by Crippen LogP contribution is 2.15. The molecule has 1 aromatic heterocycles. The lowest BCUT2D eigenvalue weighted by Crippen LogP contribution is -2.47. The van der Waals surface area contributed by atoms with Crippen molar-refractivity contribution in [2.45, 2.75) is 45.8 Å². The molecule has 0 aliphatic heterocycles. The van der Waals surface area contributed by atoms with Gasteiger partial charge in [-0.25, -0.2) is 0 Å². The minimum atomic E-state index is -0.568. The van der Waals surface area contributed by atoms with E-state index in [0.29, 0.717) is 24.5 Å². The Kier molecular flexibility index (Phi) is 7.60. The van der Waals surface area contributed by atoms with E-state index < -0.39 is 6.04 Å². The van der Waals surface area contributed by atoms with Crippen molar-refractivity contribution in [1.29, 1.82) is 0 Å². The van der Waals surface area contributed by atoms with E-state index in [1.165, 1.54) is 0 Å². The van der Waals surface area contributed by atoms with E-state index in [1.807, 2.05) is 31.2 Å². The van der Waals surface area contributed by atoms with Gasteiger partial charge in [0.05, 0.1) is 0 Å². The Hall–Kier alpha value is -2.40. The van der Waals surface area contributed by atoms with E-state index in [4.69, 9.17) is 11.6 Å². The molecule has 0 unspecified atom stereocenters. The molecule has 1 aromatic carbocycles. The summed E-state index contributed by atoms with van der Waals surface area (Å²) in [5.41, 5.74) is 1.85. The molecule has 2 aromatic rings. The molecule has 0 fully saturated rings. The molecular formula is C20H24ClN3O2. The van der Waals surface area contributed by atoms with Gasteiger partial charge in [-0.15, -0.1) is 0 Å². The highest BCUT2D eigenvalue weighted by molar-refractivity contribution is 6.30. The Morgan fingerprint density at radius 3 is 2.54 bits per heavy atom. The third-order valence-electron chi connectivity index (χ3n) is 4.09. The summed E-state index contributed by atoms with van der Waals surface area (Å²) in [6.07, 6.45) is 4.54. The van der Waals surface area contributed by atoms with Crippen LogP contribution in [0.15, 0.2) is 48.8 Å². The first kappa shape index (κ1) is 19.9. The van der Waals surface area contributed by atoms with Crippen LogP contribution in [0.5, 0.6) is 0 Å². The molecule has 0 aliphatic carbocycles. The van der Waals surface area contributed by atoms with Gasteiger partial charge in [-0.1, -0.05) is 36.7 Å². The van der Waals surface area contributed by atoms with Crippen molar-refractivity contribution in [3.63, 3.8) is 0 Å². The van der Waals surface area contributed by atoms with Gasteiger partial charge in [0, 0.05) is 36.9 Å². The van der Waals surface area contributed by atoms with Crippen molar-refractivity contribution in [3.8, 4) is 0 Å². The van der Waals surface area contributed by atoms with E-state index in [9.17, 15) is 9.59 Å². The maximum atomic E-state index is 12.6. The molecule has 2 amide bonds. The number of rotatable bonds is 8. The second-order valence-electron chi connectivity index (χ2n) is 6.15. The molecule has 26 heavy (non-hydrogen) atoms. The van der Waals surface area contributed by atoms with Crippen LogP contribution < -0.4 is 5.32 Å². The standard InChI is InChI=1S/C20H24ClN3O2/c1-3-5-19(25)24(14-16-7-9-18(21)10-8-16)15(2)20(26)23-13-17-6-4-11-22-12-17/h4,6-12,15H,3,5,13-14H2,1-2H3,(H,23,26)/t15-/m0/s1. The third kappa shape index (κ3) is 5.85. The maximum absolute atomic E-state index is 12.6. The second-order valence-corrected chi connectivity index (χ2v) is 6.59. The second kappa shape index (κ2) is 9.92. The molecule has 6 heteroatoms. The number of hydrogen-bond acceptors (Lipinski definition) is 3. The van der Waals surface area contributed by atoms with Gasteiger partial charge in [-0.3, -0.25) is 14.6 Å². The molecule has 0 bridgehead atoms. The number of nitrogens with one attached hydrogen (secondary N) is 1. The van der Waals surface area contributed by atoms with Gasteiger partial charge in [-0.2, -0.15) is 0 Å². The van der Waals surface area contributed by atoms with Crippen LogP contribution in [0, 0.1) is 0 Å². The van der Waals surface area contributed by atoms with Crippen LogP contribution in [-0.2, 0) is 22.7 Å². The van der Waals surface area contributed by atoms with Crippen LogP contribution in [0.1, 0.15) is 37.8 Å². The molecule has 0 saturated carbocycles. The first-order chi connectivity index (χ1) is 12.5. The van der Waals surface area contributed by atoms with Gasteiger partial charge in [-0.05, 0) is 42.7 Å². The Labute approximate surface area is 159 Å². The summed E-state index contributed by atoms with van der Waals surface area (Å²) in [6.45, 7) is 4.46. The van der Waals surface area contributed by atoms with Crippen molar-refractivity contribution in [2.75, 3.05) is 0 Å². The predicted octanol–water partition coefficient (Wildman–Crippen LogP) is 3.57. The highest BCUT2D eigenvalue weighted by atomic mass is 35.5. The lowest BCUT2D eigenvalue weighted by molar-refractivity contribution is -0.140. The van der Waals surface area contributed by atoms with Crippen LogP contribution in [0.3, 0.4) is 0 Å². The summed E-state index contributed by atoms with van der Waals surface area (Å²) in [6, 6.07) is 10.5. The quantitative estimate of drug-likeness (QED) is 0.769. The zero-order valence-corrected chi connectivity index (χ0v) is 15.9. The van der Waals surface area contributed by atoms with E-state index in [1.54, 1.807) is 36.4 Å². The summed E-state index contributed by atoms with van der Waals surface area (Å²) in [4.78, 5) is 30.8. The van der Waals surface area contributed by atoms with Crippen LogP contribution in [0.4, 0.5) is 0 Å². The molecule has 0 saturated heterocycles. The monoisotopic (exact) mass is 373 g/mol. The van der Waals surface area contributed by atoms with E-state index >= 15 is 0 Å². The number of aromatic nitrogens is 1. The lowest BCUT2D eigenvalue weighted by Gasteiger charge is -2.28. The van der Waals surface area contributed by atoms with Crippen LogP contribution in [-0.4, -0.2) is 27.7 Å². The predicted molar refractivity (Wildman–Crippen MR) is 102 cm³/mol. The minimum absolute atomic E-state index is 0.0357. The molecule has 0 radical (unpaired) electrons. The molecule has 1 atom stereocenters.